The van der Waals surface area contributed by atoms with E-state index in [0.29, 0.717) is 11.7 Å². The van der Waals surface area contributed by atoms with Gasteiger partial charge in [0.05, 0.1) is 0 Å². The van der Waals surface area contributed by atoms with Crippen LogP contribution in [0.15, 0.2) is 24.3 Å². The molecule has 1 saturated heterocycles. The van der Waals surface area contributed by atoms with Gasteiger partial charge in [0.1, 0.15) is 5.75 Å². The second kappa shape index (κ2) is 7.63. The van der Waals surface area contributed by atoms with E-state index in [1.165, 1.54) is 0 Å². The monoisotopic (exact) mass is 304 g/mol. The summed E-state index contributed by atoms with van der Waals surface area (Å²) in [6.07, 6.45) is 1.82. The Bertz CT molecular complexity index is 494. The number of nitrogens with one attached hydrogen (secondary N) is 1. The van der Waals surface area contributed by atoms with Crippen molar-refractivity contribution in [1.29, 1.82) is 0 Å². The van der Waals surface area contributed by atoms with E-state index in [0.717, 1.165) is 38.0 Å². The number of benzene rings is 1. The number of aromatic hydroxyl groups is 1. The maximum Gasteiger partial charge on any atom is 0.223 e. The van der Waals surface area contributed by atoms with E-state index in [9.17, 15) is 9.90 Å². The number of amides is 1. The summed E-state index contributed by atoms with van der Waals surface area (Å²) in [6.45, 7) is 9.03. The lowest BCUT2D eigenvalue weighted by atomic mass is 9.94. The van der Waals surface area contributed by atoms with Crippen LogP contribution in [0.5, 0.6) is 5.75 Å². The standard InChI is InChI=1S/C18H28N2O2/c1-13(2)14(3)19-18(22)16-7-9-20(10-8-16)12-15-5-4-6-17(21)11-15/h4-6,11,13-14,16,21H,7-10,12H2,1-3H3,(H,19,22)/t14-/m1/s1. The number of rotatable bonds is 5. The van der Waals surface area contributed by atoms with Crippen molar-refractivity contribution in [3.05, 3.63) is 29.8 Å². The highest BCUT2D eigenvalue weighted by molar-refractivity contribution is 5.79. The molecule has 0 spiro atoms. The Hall–Kier alpha value is -1.55. The van der Waals surface area contributed by atoms with Gasteiger partial charge in [-0.15, -0.1) is 0 Å². The van der Waals surface area contributed by atoms with Gasteiger partial charge in [0.2, 0.25) is 5.91 Å². The third kappa shape index (κ3) is 4.73. The van der Waals surface area contributed by atoms with Crippen LogP contribution in [-0.4, -0.2) is 35.0 Å². The molecule has 0 unspecified atom stereocenters. The van der Waals surface area contributed by atoms with Crippen LogP contribution < -0.4 is 5.32 Å². The molecule has 1 amide bonds. The minimum atomic E-state index is 0.140. The average Bonchev–Trinajstić information content (AvgIpc) is 2.47. The molecule has 1 aliphatic rings. The maximum absolute atomic E-state index is 12.3. The van der Waals surface area contributed by atoms with Crippen molar-refractivity contribution < 1.29 is 9.90 Å². The second-order valence-electron chi connectivity index (χ2n) is 6.76. The minimum Gasteiger partial charge on any atom is -0.508 e. The molecule has 1 aromatic carbocycles. The van der Waals surface area contributed by atoms with Crippen molar-refractivity contribution in [2.75, 3.05) is 13.1 Å². The Balaban J connectivity index is 1.79. The van der Waals surface area contributed by atoms with E-state index in [2.05, 4.69) is 31.0 Å². The molecule has 1 fully saturated rings. The number of phenols is 1. The van der Waals surface area contributed by atoms with Crippen LogP contribution in [0.3, 0.4) is 0 Å². The van der Waals surface area contributed by atoms with Crippen LogP contribution in [0.25, 0.3) is 0 Å². The van der Waals surface area contributed by atoms with E-state index in [1.54, 1.807) is 6.07 Å². The molecule has 122 valence electrons. The number of piperidine rings is 1. The quantitative estimate of drug-likeness (QED) is 0.879. The summed E-state index contributed by atoms with van der Waals surface area (Å²) in [4.78, 5) is 14.6. The first kappa shape index (κ1) is 16.8. The lowest BCUT2D eigenvalue weighted by molar-refractivity contribution is -0.127. The summed E-state index contributed by atoms with van der Waals surface area (Å²) in [5.74, 6) is 1.13. The fraction of sp³-hybridized carbons (Fsp3) is 0.611. The third-order valence-electron chi connectivity index (χ3n) is 4.65. The highest BCUT2D eigenvalue weighted by atomic mass is 16.3. The Morgan fingerprint density at radius 2 is 2.00 bits per heavy atom. The largest absolute Gasteiger partial charge is 0.508 e. The van der Waals surface area contributed by atoms with Crippen LogP contribution in [-0.2, 0) is 11.3 Å². The van der Waals surface area contributed by atoms with Crippen molar-refractivity contribution in [2.24, 2.45) is 11.8 Å². The zero-order valence-electron chi connectivity index (χ0n) is 13.9. The van der Waals surface area contributed by atoms with Gasteiger partial charge in [-0.3, -0.25) is 9.69 Å². The second-order valence-corrected chi connectivity index (χ2v) is 6.76. The number of likely N-dealkylation sites (tertiary alicyclic amines) is 1. The van der Waals surface area contributed by atoms with Gasteiger partial charge in [-0.2, -0.15) is 0 Å². The highest BCUT2D eigenvalue weighted by Gasteiger charge is 2.26. The minimum absolute atomic E-state index is 0.140. The number of carbonyl (C=O) groups is 1. The highest BCUT2D eigenvalue weighted by Crippen LogP contribution is 2.21. The summed E-state index contributed by atoms with van der Waals surface area (Å²) in [5, 5.41) is 12.6. The van der Waals surface area contributed by atoms with Gasteiger partial charge in [-0.1, -0.05) is 26.0 Å². The number of nitrogens with zero attached hydrogens (tertiary/aromatic N) is 1. The van der Waals surface area contributed by atoms with E-state index < -0.39 is 0 Å². The molecule has 4 heteroatoms. The molecule has 0 aliphatic carbocycles. The van der Waals surface area contributed by atoms with E-state index in [1.807, 2.05) is 18.2 Å². The van der Waals surface area contributed by atoms with Crippen LogP contribution in [0, 0.1) is 11.8 Å². The summed E-state index contributed by atoms with van der Waals surface area (Å²) in [5.41, 5.74) is 1.12. The van der Waals surface area contributed by atoms with Crippen molar-refractivity contribution in [3.63, 3.8) is 0 Å². The van der Waals surface area contributed by atoms with Gasteiger partial charge >= 0.3 is 0 Å². The molecule has 2 rings (SSSR count). The smallest absolute Gasteiger partial charge is 0.223 e. The van der Waals surface area contributed by atoms with E-state index >= 15 is 0 Å². The summed E-state index contributed by atoms with van der Waals surface area (Å²) < 4.78 is 0. The molecule has 0 bridgehead atoms. The summed E-state index contributed by atoms with van der Waals surface area (Å²) in [7, 11) is 0. The first-order valence-corrected chi connectivity index (χ1v) is 8.26. The third-order valence-corrected chi connectivity index (χ3v) is 4.65. The molecule has 1 atom stereocenters. The van der Waals surface area contributed by atoms with Crippen LogP contribution >= 0.6 is 0 Å². The van der Waals surface area contributed by atoms with Gasteiger partial charge in [0.15, 0.2) is 0 Å². The Morgan fingerprint density at radius 3 is 2.59 bits per heavy atom. The topological polar surface area (TPSA) is 52.6 Å². The fourth-order valence-electron chi connectivity index (χ4n) is 2.78. The zero-order chi connectivity index (χ0) is 16.1. The predicted molar refractivity (Wildman–Crippen MR) is 88.6 cm³/mol. The lowest BCUT2D eigenvalue weighted by Crippen LogP contribution is -2.44. The van der Waals surface area contributed by atoms with Crippen molar-refractivity contribution in [1.82, 2.24) is 10.2 Å². The molecule has 0 radical (unpaired) electrons. The first-order chi connectivity index (χ1) is 10.5. The van der Waals surface area contributed by atoms with Crippen molar-refractivity contribution >= 4 is 5.91 Å². The molecular formula is C18H28N2O2. The number of hydrogen-bond acceptors (Lipinski definition) is 3. The average molecular weight is 304 g/mol. The molecule has 22 heavy (non-hydrogen) atoms. The Morgan fingerprint density at radius 1 is 1.32 bits per heavy atom. The summed E-state index contributed by atoms with van der Waals surface area (Å²) in [6, 6.07) is 7.64. The Labute approximate surface area is 133 Å². The van der Waals surface area contributed by atoms with Crippen molar-refractivity contribution in [2.45, 2.75) is 46.2 Å². The fourth-order valence-corrected chi connectivity index (χ4v) is 2.78. The summed E-state index contributed by atoms with van der Waals surface area (Å²) >= 11 is 0. The van der Waals surface area contributed by atoms with Gasteiger partial charge in [0, 0.05) is 18.5 Å². The molecule has 0 aromatic heterocycles. The van der Waals surface area contributed by atoms with Gasteiger partial charge in [0.25, 0.3) is 0 Å². The molecule has 0 saturated carbocycles. The first-order valence-electron chi connectivity index (χ1n) is 8.26. The van der Waals surface area contributed by atoms with Gasteiger partial charge in [-0.05, 0) is 56.5 Å². The Kier molecular flexibility index (Phi) is 5.83. The molecular weight excluding hydrogens is 276 g/mol. The van der Waals surface area contributed by atoms with Crippen LogP contribution in [0.1, 0.15) is 39.2 Å². The van der Waals surface area contributed by atoms with E-state index in [4.69, 9.17) is 0 Å². The van der Waals surface area contributed by atoms with Crippen molar-refractivity contribution in [3.8, 4) is 5.75 Å². The predicted octanol–water partition coefficient (Wildman–Crippen LogP) is 2.76. The number of carbonyl (C=O) groups excluding carboxylic acids is 1. The molecule has 1 aromatic rings. The zero-order valence-corrected chi connectivity index (χ0v) is 13.9. The molecule has 1 heterocycles. The number of phenolic OH excluding ortho intramolecular Hbond substituents is 1. The van der Waals surface area contributed by atoms with Crippen LogP contribution in [0.4, 0.5) is 0 Å². The normalized spacial score (nSPS) is 18.4. The number of hydrogen-bond donors (Lipinski definition) is 2. The van der Waals surface area contributed by atoms with Gasteiger partial charge in [-0.25, -0.2) is 0 Å². The SMILES string of the molecule is CC(C)[C@@H](C)NC(=O)C1CCN(Cc2cccc(O)c2)CC1. The maximum atomic E-state index is 12.3. The molecule has 1 aliphatic heterocycles. The van der Waals surface area contributed by atoms with Gasteiger partial charge < -0.3 is 10.4 Å². The molecule has 2 N–H and O–H groups in total. The lowest BCUT2D eigenvalue weighted by Gasteiger charge is -2.32. The van der Waals surface area contributed by atoms with E-state index in [-0.39, 0.29) is 17.9 Å². The molecule has 4 nitrogen and oxygen atoms in total. The van der Waals surface area contributed by atoms with Crippen LogP contribution in [0.2, 0.25) is 0 Å².